The predicted octanol–water partition coefficient (Wildman–Crippen LogP) is 2.13. The highest BCUT2D eigenvalue weighted by Crippen LogP contribution is 2.34. The fraction of sp³-hybridized carbons (Fsp3) is 0.533. The number of nitrogens with one attached hydrogen (secondary N) is 1. The van der Waals surface area contributed by atoms with Crippen molar-refractivity contribution in [2.45, 2.75) is 31.4 Å². The van der Waals surface area contributed by atoms with E-state index >= 15 is 0 Å². The number of benzene rings is 1. The van der Waals surface area contributed by atoms with Crippen LogP contribution in [0.2, 0.25) is 0 Å². The summed E-state index contributed by atoms with van der Waals surface area (Å²) in [6, 6.07) is 7.51. The Bertz CT molecular complexity index is 435. The van der Waals surface area contributed by atoms with Crippen molar-refractivity contribution in [3.8, 4) is 0 Å². The first-order valence-electron chi connectivity index (χ1n) is 6.63. The molecule has 104 valence electrons. The van der Waals surface area contributed by atoms with Crippen LogP contribution in [0, 0.1) is 0 Å². The van der Waals surface area contributed by atoms with Gasteiger partial charge in [-0.05, 0) is 30.9 Å². The maximum absolute atomic E-state index is 11.6. The van der Waals surface area contributed by atoms with Gasteiger partial charge in [0.05, 0.1) is 18.3 Å². The van der Waals surface area contributed by atoms with E-state index in [-0.39, 0.29) is 11.6 Å². The number of hydrogen-bond donors (Lipinski definition) is 1. The fourth-order valence-electron chi connectivity index (χ4n) is 2.43. The summed E-state index contributed by atoms with van der Waals surface area (Å²) in [6.07, 6.45) is 3.44. The summed E-state index contributed by atoms with van der Waals surface area (Å²) >= 11 is 0. The molecular formula is C15H21NO3. The standard InChI is InChI=1S/C15H21NO3/c1-18-14(17)13-7-4-3-6-12(13)10-16-11-15(19-2)8-5-9-15/h3-4,6-7,16H,5,8-11H2,1-2H3. The molecule has 0 unspecified atom stereocenters. The Morgan fingerprint density at radius 1 is 1.32 bits per heavy atom. The molecule has 1 N–H and O–H groups in total. The lowest BCUT2D eigenvalue weighted by molar-refractivity contribution is -0.0695. The quantitative estimate of drug-likeness (QED) is 0.799. The maximum Gasteiger partial charge on any atom is 0.338 e. The third-order valence-electron chi connectivity index (χ3n) is 3.88. The molecule has 1 aromatic carbocycles. The summed E-state index contributed by atoms with van der Waals surface area (Å²) in [5, 5.41) is 3.38. The van der Waals surface area contributed by atoms with E-state index in [9.17, 15) is 4.79 Å². The van der Waals surface area contributed by atoms with E-state index in [4.69, 9.17) is 9.47 Å². The zero-order chi connectivity index (χ0) is 13.7. The zero-order valence-corrected chi connectivity index (χ0v) is 11.6. The Labute approximate surface area is 114 Å². The maximum atomic E-state index is 11.6. The first kappa shape index (κ1) is 14.0. The Kier molecular flexibility index (Phi) is 4.56. The summed E-state index contributed by atoms with van der Waals surface area (Å²) in [5.41, 5.74) is 1.58. The van der Waals surface area contributed by atoms with Gasteiger partial charge in [-0.15, -0.1) is 0 Å². The molecule has 1 aromatic rings. The van der Waals surface area contributed by atoms with Crippen LogP contribution in [0.3, 0.4) is 0 Å². The minimum atomic E-state index is -0.289. The number of methoxy groups -OCH3 is 2. The molecule has 19 heavy (non-hydrogen) atoms. The van der Waals surface area contributed by atoms with E-state index in [0.29, 0.717) is 12.1 Å². The molecule has 0 saturated heterocycles. The van der Waals surface area contributed by atoms with E-state index in [1.54, 1.807) is 13.2 Å². The van der Waals surface area contributed by atoms with Crippen LogP contribution < -0.4 is 5.32 Å². The van der Waals surface area contributed by atoms with Gasteiger partial charge in [0, 0.05) is 20.2 Å². The van der Waals surface area contributed by atoms with Gasteiger partial charge >= 0.3 is 5.97 Å². The molecule has 1 aliphatic rings. The van der Waals surface area contributed by atoms with Crippen molar-refractivity contribution < 1.29 is 14.3 Å². The van der Waals surface area contributed by atoms with Gasteiger partial charge in [0.15, 0.2) is 0 Å². The molecule has 2 rings (SSSR count). The first-order chi connectivity index (χ1) is 9.21. The van der Waals surface area contributed by atoms with Gasteiger partial charge in [-0.1, -0.05) is 18.2 Å². The molecule has 0 atom stereocenters. The zero-order valence-electron chi connectivity index (χ0n) is 11.6. The average molecular weight is 263 g/mol. The van der Waals surface area contributed by atoms with Crippen molar-refractivity contribution >= 4 is 5.97 Å². The lowest BCUT2D eigenvalue weighted by atomic mass is 9.80. The second-order valence-corrected chi connectivity index (χ2v) is 4.99. The summed E-state index contributed by atoms with van der Waals surface area (Å²) in [4.78, 5) is 11.6. The van der Waals surface area contributed by atoms with Crippen LogP contribution >= 0.6 is 0 Å². The van der Waals surface area contributed by atoms with E-state index in [1.165, 1.54) is 13.5 Å². The molecule has 4 nitrogen and oxygen atoms in total. The third kappa shape index (κ3) is 3.14. The van der Waals surface area contributed by atoms with Crippen molar-refractivity contribution in [1.29, 1.82) is 0 Å². The van der Waals surface area contributed by atoms with E-state index < -0.39 is 0 Å². The highest BCUT2D eigenvalue weighted by molar-refractivity contribution is 5.90. The number of rotatable bonds is 6. The smallest absolute Gasteiger partial charge is 0.338 e. The van der Waals surface area contributed by atoms with Gasteiger partial charge in [-0.3, -0.25) is 0 Å². The molecule has 0 heterocycles. The Morgan fingerprint density at radius 2 is 2.05 bits per heavy atom. The van der Waals surface area contributed by atoms with Crippen LogP contribution in [-0.2, 0) is 16.0 Å². The van der Waals surface area contributed by atoms with Crippen molar-refractivity contribution in [1.82, 2.24) is 5.32 Å². The minimum Gasteiger partial charge on any atom is -0.465 e. The molecule has 1 saturated carbocycles. The average Bonchev–Trinajstić information content (AvgIpc) is 2.41. The lowest BCUT2D eigenvalue weighted by Crippen LogP contribution is -2.47. The number of hydrogen-bond acceptors (Lipinski definition) is 4. The predicted molar refractivity (Wildman–Crippen MR) is 73.1 cm³/mol. The highest BCUT2D eigenvalue weighted by atomic mass is 16.5. The van der Waals surface area contributed by atoms with Crippen LogP contribution in [0.15, 0.2) is 24.3 Å². The molecule has 4 heteroatoms. The largest absolute Gasteiger partial charge is 0.465 e. The number of carbonyl (C=O) groups is 1. The van der Waals surface area contributed by atoms with Gasteiger partial charge in [0.1, 0.15) is 0 Å². The van der Waals surface area contributed by atoms with Gasteiger partial charge in [0.2, 0.25) is 0 Å². The van der Waals surface area contributed by atoms with E-state index in [1.807, 2.05) is 18.2 Å². The molecule has 1 aliphatic carbocycles. The first-order valence-corrected chi connectivity index (χ1v) is 6.63. The molecule has 0 spiro atoms. The van der Waals surface area contributed by atoms with Gasteiger partial charge in [0.25, 0.3) is 0 Å². The Balaban J connectivity index is 1.94. The van der Waals surface area contributed by atoms with Gasteiger partial charge in [-0.25, -0.2) is 4.79 Å². The van der Waals surface area contributed by atoms with Crippen LogP contribution in [0.25, 0.3) is 0 Å². The third-order valence-corrected chi connectivity index (χ3v) is 3.88. The summed E-state index contributed by atoms with van der Waals surface area (Å²) in [7, 11) is 3.17. The van der Waals surface area contributed by atoms with Crippen LogP contribution in [0.5, 0.6) is 0 Å². The van der Waals surface area contributed by atoms with Crippen molar-refractivity contribution in [2.75, 3.05) is 20.8 Å². The topological polar surface area (TPSA) is 47.6 Å². The molecule has 0 radical (unpaired) electrons. The van der Waals surface area contributed by atoms with Crippen molar-refractivity contribution in [3.05, 3.63) is 35.4 Å². The van der Waals surface area contributed by atoms with Gasteiger partial charge in [-0.2, -0.15) is 0 Å². The monoisotopic (exact) mass is 263 g/mol. The van der Waals surface area contributed by atoms with E-state index in [0.717, 1.165) is 24.9 Å². The lowest BCUT2D eigenvalue weighted by Gasteiger charge is -2.40. The summed E-state index contributed by atoms with van der Waals surface area (Å²) < 4.78 is 10.3. The number of carbonyl (C=O) groups excluding carboxylic acids is 1. The summed E-state index contributed by atoms with van der Waals surface area (Å²) in [6.45, 7) is 1.47. The van der Waals surface area contributed by atoms with Crippen LogP contribution in [-0.4, -0.2) is 32.3 Å². The van der Waals surface area contributed by atoms with Crippen LogP contribution in [0.1, 0.15) is 35.2 Å². The number of ether oxygens (including phenoxy) is 2. The molecule has 0 aromatic heterocycles. The molecule has 1 fully saturated rings. The van der Waals surface area contributed by atoms with Crippen molar-refractivity contribution in [3.63, 3.8) is 0 Å². The summed E-state index contributed by atoms with van der Waals surface area (Å²) in [5.74, 6) is -0.289. The molecule has 0 aliphatic heterocycles. The highest BCUT2D eigenvalue weighted by Gasteiger charge is 2.36. The Morgan fingerprint density at radius 3 is 2.63 bits per heavy atom. The van der Waals surface area contributed by atoms with Crippen molar-refractivity contribution in [2.24, 2.45) is 0 Å². The molecule has 0 bridgehead atoms. The fourth-order valence-corrected chi connectivity index (χ4v) is 2.43. The normalized spacial score (nSPS) is 16.7. The minimum absolute atomic E-state index is 0.000207. The Hall–Kier alpha value is -1.39. The van der Waals surface area contributed by atoms with E-state index in [2.05, 4.69) is 5.32 Å². The van der Waals surface area contributed by atoms with Gasteiger partial charge < -0.3 is 14.8 Å². The molecular weight excluding hydrogens is 242 g/mol. The number of esters is 1. The second kappa shape index (κ2) is 6.17. The SMILES string of the molecule is COC(=O)c1ccccc1CNCC1(OC)CCC1. The second-order valence-electron chi connectivity index (χ2n) is 4.99. The van der Waals surface area contributed by atoms with Crippen LogP contribution in [0.4, 0.5) is 0 Å². The molecule has 0 amide bonds.